The van der Waals surface area contributed by atoms with Crippen molar-refractivity contribution in [3.8, 4) is 5.75 Å². The highest BCUT2D eigenvalue weighted by Gasteiger charge is 2.35. The van der Waals surface area contributed by atoms with E-state index < -0.39 is 11.7 Å². The minimum atomic E-state index is -4.47. The summed E-state index contributed by atoms with van der Waals surface area (Å²) in [5.41, 5.74) is -0.848. The van der Waals surface area contributed by atoms with E-state index in [-0.39, 0.29) is 16.9 Å². The van der Waals surface area contributed by atoms with Gasteiger partial charge in [-0.2, -0.15) is 13.2 Å². The Morgan fingerprint density at radius 2 is 2.09 bits per heavy atom. The summed E-state index contributed by atoms with van der Waals surface area (Å²) < 4.78 is 44.7. The van der Waals surface area contributed by atoms with Crippen LogP contribution in [-0.4, -0.2) is 19.2 Å². The maximum absolute atomic E-state index is 12.9. The average Bonchev–Trinajstić information content (AvgIpc) is 2.92. The van der Waals surface area contributed by atoms with E-state index in [1.165, 1.54) is 12.1 Å². The highest BCUT2D eigenvalue weighted by atomic mass is 35.5. The molecule has 1 fully saturated rings. The lowest BCUT2D eigenvalue weighted by Gasteiger charge is -2.27. The number of nitrogens with one attached hydrogen (secondary N) is 1. The van der Waals surface area contributed by atoms with Gasteiger partial charge in [-0.15, -0.1) is 0 Å². The molecule has 6 heteroatoms. The van der Waals surface area contributed by atoms with Crippen LogP contribution in [0.25, 0.3) is 0 Å². The summed E-state index contributed by atoms with van der Waals surface area (Å²) in [6.45, 7) is 5.89. The van der Waals surface area contributed by atoms with Gasteiger partial charge in [-0.1, -0.05) is 31.5 Å². The fourth-order valence-corrected chi connectivity index (χ4v) is 3.06. The van der Waals surface area contributed by atoms with Crippen molar-refractivity contribution in [2.45, 2.75) is 39.0 Å². The van der Waals surface area contributed by atoms with Gasteiger partial charge in [0, 0.05) is 12.5 Å². The minimum absolute atomic E-state index is 0.119. The first-order chi connectivity index (χ1) is 10.3. The standard InChI is InChI=1S/C16H21ClF3NO/c1-10(2)8-14(11-6-7-21-9-11)22-13-5-3-4-12(15(13)17)16(18,19)20/h3-5,10-11,14,21H,6-9H2,1-2H3/t11?,14-/m0/s1. The minimum Gasteiger partial charge on any atom is -0.489 e. The van der Waals surface area contributed by atoms with Crippen molar-refractivity contribution in [1.82, 2.24) is 5.32 Å². The highest BCUT2D eigenvalue weighted by molar-refractivity contribution is 6.32. The molecule has 0 spiro atoms. The molecule has 0 radical (unpaired) electrons. The molecule has 2 rings (SSSR count). The van der Waals surface area contributed by atoms with Crippen LogP contribution in [0.3, 0.4) is 0 Å². The zero-order valence-corrected chi connectivity index (χ0v) is 13.5. The lowest BCUT2D eigenvalue weighted by molar-refractivity contribution is -0.137. The van der Waals surface area contributed by atoms with Crippen LogP contribution >= 0.6 is 11.6 Å². The number of alkyl halides is 3. The predicted octanol–water partition coefficient (Wildman–Crippen LogP) is 4.76. The molecule has 22 heavy (non-hydrogen) atoms. The fraction of sp³-hybridized carbons (Fsp3) is 0.625. The van der Waals surface area contributed by atoms with Crippen LogP contribution in [-0.2, 0) is 6.18 Å². The van der Waals surface area contributed by atoms with Crippen LogP contribution < -0.4 is 10.1 Å². The number of ether oxygens (including phenoxy) is 1. The summed E-state index contributed by atoms with van der Waals surface area (Å²) in [7, 11) is 0. The molecular weight excluding hydrogens is 315 g/mol. The first kappa shape index (κ1) is 17.4. The number of benzene rings is 1. The summed E-state index contributed by atoms with van der Waals surface area (Å²) in [6, 6.07) is 3.82. The van der Waals surface area contributed by atoms with Gasteiger partial charge in [-0.3, -0.25) is 0 Å². The Kier molecular flexibility index (Phi) is 5.61. The molecule has 1 aromatic carbocycles. The van der Waals surface area contributed by atoms with Gasteiger partial charge < -0.3 is 10.1 Å². The van der Waals surface area contributed by atoms with Crippen molar-refractivity contribution in [3.63, 3.8) is 0 Å². The largest absolute Gasteiger partial charge is 0.489 e. The first-order valence-corrected chi connectivity index (χ1v) is 7.90. The van der Waals surface area contributed by atoms with Gasteiger partial charge in [-0.05, 0) is 37.4 Å². The molecule has 0 saturated carbocycles. The quantitative estimate of drug-likeness (QED) is 0.837. The lowest BCUT2D eigenvalue weighted by Crippen LogP contribution is -2.30. The van der Waals surface area contributed by atoms with E-state index in [0.717, 1.165) is 32.0 Å². The van der Waals surface area contributed by atoms with E-state index >= 15 is 0 Å². The number of hydrogen-bond acceptors (Lipinski definition) is 2. The first-order valence-electron chi connectivity index (χ1n) is 7.52. The average molecular weight is 336 g/mol. The van der Waals surface area contributed by atoms with Gasteiger partial charge in [0.1, 0.15) is 11.9 Å². The van der Waals surface area contributed by atoms with Crippen LogP contribution in [0.5, 0.6) is 5.75 Å². The second-order valence-corrected chi connectivity index (χ2v) is 6.53. The normalized spacial score (nSPS) is 20.4. The van der Waals surface area contributed by atoms with Gasteiger partial charge >= 0.3 is 6.18 Å². The molecule has 1 unspecified atom stereocenters. The summed E-state index contributed by atoms with van der Waals surface area (Å²) >= 11 is 5.92. The molecule has 0 aliphatic carbocycles. The van der Waals surface area contributed by atoms with Crippen LogP contribution in [0.4, 0.5) is 13.2 Å². The molecule has 1 heterocycles. The van der Waals surface area contributed by atoms with Crippen LogP contribution in [0.2, 0.25) is 5.02 Å². The van der Waals surface area contributed by atoms with Crippen molar-refractivity contribution in [3.05, 3.63) is 28.8 Å². The third kappa shape index (κ3) is 4.29. The molecule has 0 bridgehead atoms. The molecule has 1 saturated heterocycles. The van der Waals surface area contributed by atoms with Crippen molar-refractivity contribution in [2.75, 3.05) is 13.1 Å². The maximum Gasteiger partial charge on any atom is 0.417 e. The van der Waals surface area contributed by atoms with Gasteiger partial charge in [-0.25, -0.2) is 0 Å². The molecule has 2 atom stereocenters. The summed E-state index contributed by atoms with van der Waals surface area (Å²) in [6.07, 6.45) is -2.85. The molecule has 1 aliphatic heterocycles. The molecule has 0 aromatic heterocycles. The van der Waals surface area contributed by atoms with Gasteiger partial charge in [0.2, 0.25) is 0 Å². The van der Waals surface area contributed by atoms with E-state index in [9.17, 15) is 13.2 Å². The lowest BCUT2D eigenvalue weighted by atomic mass is 9.93. The maximum atomic E-state index is 12.9. The zero-order valence-electron chi connectivity index (χ0n) is 12.7. The number of halogens is 4. The predicted molar refractivity (Wildman–Crippen MR) is 81.3 cm³/mol. The Labute approximate surface area is 134 Å². The summed E-state index contributed by atoms with van der Waals surface area (Å²) in [5.74, 6) is 0.817. The Morgan fingerprint density at radius 1 is 1.36 bits per heavy atom. The summed E-state index contributed by atoms with van der Waals surface area (Å²) in [4.78, 5) is 0. The van der Waals surface area contributed by atoms with E-state index in [1.54, 1.807) is 0 Å². The highest BCUT2D eigenvalue weighted by Crippen LogP contribution is 2.40. The third-order valence-corrected chi connectivity index (χ3v) is 4.26. The van der Waals surface area contributed by atoms with E-state index in [2.05, 4.69) is 19.2 Å². The van der Waals surface area contributed by atoms with E-state index in [0.29, 0.717) is 11.8 Å². The molecule has 1 aliphatic rings. The molecule has 124 valence electrons. The van der Waals surface area contributed by atoms with E-state index in [4.69, 9.17) is 16.3 Å². The second-order valence-electron chi connectivity index (χ2n) is 6.15. The molecule has 2 nitrogen and oxygen atoms in total. The molecule has 1 N–H and O–H groups in total. The zero-order chi connectivity index (χ0) is 16.3. The Balaban J connectivity index is 2.22. The third-order valence-electron chi connectivity index (χ3n) is 3.87. The number of hydrogen-bond donors (Lipinski definition) is 1. The van der Waals surface area contributed by atoms with Crippen LogP contribution in [0, 0.1) is 11.8 Å². The van der Waals surface area contributed by atoms with Gasteiger partial charge in [0.05, 0.1) is 10.6 Å². The molecule has 0 amide bonds. The smallest absolute Gasteiger partial charge is 0.417 e. The van der Waals surface area contributed by atoms with Gasteiger partial charge in [0.25, 0.3) is 0 Å². The van der Waals surface area contributed by atoms with Crippen molar-refractivity contribution < 1.29 is 17.9 Å². The summed E-state index contributed by atoms with van der Waals surface area (Å²) in [5, 5.41) is 2.92. The van der Waals surface area contributed by atoms with Crippen molar-refractivity contribution >= 4 is 11.6 Å². The Bertz CT molecular complexity index is 499. The van der Waals surface area contributed by atoms with Gasteiger partial charge in [0.15, 0.2) is 0 Å². The van der Waals surface area contributed by atoms with Crippen LogP contribution in [0.15, 0.2) is 18.2 Å². The van der Waals surface area contributed by atoms with Crippen molar-refractivity contribution in [2.24, 2.45) is 11.8 Å². The Hall–Kier alpha value is -0.940. The van der Waals surface area contributed by atoms with Crippen LogP contribution in [0.1, 0.15) is 32.3 Å². The Morgan fingerprint density at radius 3 is 2.64 bits per heavy atom. The monoisotopic (exact) mass is 335 g/mol. The van der Waals surface area contributed by atoms with Crippen molar-refractivity contribution in [1.29, 1.82) is 0 Å². The van der Waals surface area contributed by atoms with E-state index in [1.807, 2.05) is 0 Å². The topological polar surface area (TPSA) is 21.3 Å². The SMILES string of the molecule is CC(C)C[C@H](Oc1cccc(C(F)(F)F)c1Cl)C1CCNC1. The fourth-order valence-electron chi connectivity index (χ4n) is 2.78. The second kappa shape index (κ2) is 7.09. The molecular formula is C16H21ClF3NO. The number of rotatable bonds is 5. The molecule has 1 aromatic rings.